The molecule has 8 heteroatoms. The van der Waals surface area contributed by atoms with E-state index in [1.165, 1.54) is 0 Å². The van der Waals surface area contributed by atoms with Crippen LogP contribution in [0, 0.1) is 0 Å². The van der Waals surface area contributed by atoms with E-state index in [4.69, 9.17) is 28.2 Å². The number of hydrogen-bond acceptors (Lipinski definition) is 6. The molecular weight excluding hydrogens is 425 g/mol. The molecule has 0 unspecified atom stereocenters. The van der Waals surface area contributed by atoms with Gasteiger partial charge in [0, 0.05) is 40.6 Å². The lowest BCUT2D eigenvalue weighted by atomic mass is 10.1. The molecule has 148 valence electrons. The number of unbranched alkanes of at least 4 members (excludes halogenated alkanes) is 1. The topological polar surface area (TPSA) is 62.7 Å². The molecule has 0 aliphatic rings. The van der Waals surface area contributed by atoms with Crippen LogP contribution in [0.3, 0.4) is 0 Å². The number of nitrogens with one attached hydrogen (secondary N) is 2. The minimum atomic E-state index is 0.534. The van der Waals surface area contributed by atoms with Crippen LogP contribution in [0.5, 0.6) is 0 Å². The molecule has 5 nitrogen and oxygen atoms in total. The van der Waals surface area contributed by atoms with E-state index in [0.29, 0.717) is 15.9 Å². The van der Waals surface area contributed by atoms with Gasteiger partial charge in [0.25, 0.3) is 0 Å². The van der Waals surface area contributed by atoms with Gasteiger partial charge in [-0.1, -0.05) is 35.3 Å². The van der Waals surface area contributed by atoms with E-state index in [-0.39, 0.29) is 0 Å². The van der Waals surface area contributed by atoms with Crippen molar-refractivity contribution in [3.63, 3.8) is 0 Å². The molecule has 4 aromatic rings. The normalized spacial score (nSPS) is 11.0. The minimum Gasteiger partial charge on any atom is -0.369 e. The Morgan fingerprint density at radius 2 is 1.76 bits per heavy atom. The van der Waals surface area contributed by atoms with Gasteiger partial charge in [-0.25, -0.2) is 15.0 Å². The van der Waals surface area contributed by atoms with E-state index in [1.54, 1.807) is 29.7 Å². The van der Waals surface area contributed by atoms with Crippen molar-refractivity contribution in [2.45, 2.75) is 12.8 Å². The van der Waals surface area contributed by atoms with E-state index < -0.39 is 0 Å². The number of benzene rings is 2. The predicted molar refractivity (Wildman–Crippen MR) is 123 cm³/mol. The molecule has 0 saturated carbocycles. The fraction of sp³-hybridized carbons (Fsp3) is 0.190. The van der Waals surface area contributed by atoms with Gasteiger partial charge in [0.15, 0.2) is 11.0 Å². The zero-order valence-electron chi connectivity index (χ0n) is 15.5. The molecule has 0 spiro atoms. The van der Waals surface area contributed by atoms with Gasteiger partial charge in [-0.15, -0.1) is 11.3 Å². The summed E-state index contributed by atoms with van der Waals surface area (Å²) in [5.74, 6) is 1.39. The predicted octanol–water partition coefficient (Wildman–Crippen LogP) is 6.36. The summed E-state index contributed by atoms with van der Waals surface area (Å²) in [6.07, 6.45) is 3.85. The largest absolute Gasteiger partial charge is 0.369 e. The number of hydrogen-bond donors (Lipinski definition) is 2. The Bertz CT molecular complexity index is 1100. The lowest BCUT2D eigenvalue weighted by Crippen LogP contribution is -2.08. The van der Waals surface area contributed by atoms with Gasteiger partial charge in [0.05, 0.1) is 10.5 Å². The first kappa shape index (κ1) is 19.9. The molecule has 4 rings (SSSR count). The van der Waals surface area contributed by atoms with Crippen LogP contribution in [0.4, 0.5) is 10.9 Å². The van der Waals surface area contributed by atoms with Crippen molar-refractivity contribution in [2.75, 3.05) is 23.7 Å². The summed E-state index contributed by atoms with van der Waals surface area (Å²) in [4.78, 5) is 13.7. The third-order valence-corrected chi connectivity index (χ3v) is 5.66. The van der Waals surface area contributed by atoms with Crippen molar-refractivity contribution in [1.29, 1.82) is 0 Å². The molecule has 2 N–H and O–H groups in total. The zero-order chi connectivity index (χ0) is 20.1. The second kappa shape index (κ2) is 9.39. The lowest BCUT2D eigenvalue weighted by Gasteiger charge is -2.12. The van der Waals surface area contributed by atoms with Crippen molar-refractivity contribution in [2.24, 2.45) is 0 Å². The summed E-state index contributed by atoms with van der Waals surface area (Å²) in [7, 11) is 0. The van der Waals surface area contributed by atoms with Crippen LogP contribution in [0.2, 0.25) is 10.0 Å². The summed E-state index contributed by atoms with van der Waals surface area (Å²) >= 11 is 14.0. The molecule has 0 atom stereocenters. The molecular formula is C21H19Cl2N5S. The quantitative estimate of drug-likeness (QED) is 0.310. The number of para-hydroxylation sites is 1. The second-order valence-electron chi connectivity index (χ2n) is 6.44. The van der Waals surface area contributed by atoms with Crippen molar-refractivity contribution in [3.05, 3.63) is 64.1 Å². The molecule has 0 bridgehead atoms. The van der Waals surface area contributed by atoms with Crippen LogP contribution in [-0.4, -0.2) is 28.0 Å². The highest BCUT2D eigenvalue weighted by atomic mass is 35.5. The molecule has 0 amide bonds. The standard InChI is InChI=1S/C21H19Cl2N5S/c22-14-7-8-15(17(23)13-14)20-27-18-6-2-1-5-16(18)19(28-20)24-9-3-4-10-25-21-26-11-12-29-21/h1-2,5-8,11-13H,3-4,9-10H2,(H,25,26)(H,24,27,28). The van der Waals surface area contributed by atoms with E-state index in [2.05, 4.69) is 20.6 Å². The highest BCUT2D eigenvalue weighted by Crippen LogP contribution is 2.31. The molecule has 2 aromatic carbocycles. The number of thiazole rings is 1. The fourth-order valence-electron chi connectivity index (χ4n) is 2.97. The van der Waals surface area contributed by atoms with Crippen LogP contribution < -0.4 is 10.6 Å². The average molecular weight is 444 g/mol. The summed E-state index contributed by atoms with van der Waals surface area (Å²) < 4.78 is 0. The van der Waals surface area contributed by atoms with Crippen molar-refractivity contribution in [1.82, 2.24) is 15.0 Å². The van der Waals surface area contributed by atoms with E-state index >= 15 is 0 Å². The number of nitrogens with zero attached hydrogens (tertiary/aromatic N) is 3. The highest BCUT2D eigenvalue weighted by Gasteiger charge is 2.12. The van der Waals surface area contributed by atoms with E-state index in [9.17, 15) is 0 Å². The minimum absolute atomic E-state index is 0.534. The van der Waals surface area contributed by atoms with E-state index in [0.717, 1.165) is 53.3 Å². The van der Waals surface area contributed by atoms with Gasteiger partial charge in [-0.05, 0) is 43.2 Å². The van der Waals surface area contributed by atoms with Gasteiger partial charge in [0.1, 0.15) is 5.82 Å². The van der Waals surface area contributed by atoms with Gasteiger partial charge < -0.3 is 10.6 Å². The Morgan fingerprint density at radius 3 is 2.55 bits per heavy atom. The first-order chi connectivity index (χ1) is 14.2. The molecule has 2 aromatic heterocycles. The average Bonchev–Trinajstić information content (AvgIpc) is 3.24. The smallest absolute Gasteiger partial charge is 0.182 e. The Hall–Kier alpha value is -2.41. The molecule has 0 fully saturated rings. The van der Waals surface area contributed by atoms with Crippen molar-refractivity contribution in [3.8, 4) is 11.4 Å². The first-order valence-corrected chi connectivity index (χ1v) is 10.9. The monoisotopic (exact) mass is 443 g/mol. The van der Waals surface area contributed by atoms with Crippen molar-refractivity contribution < 1.29 is 0 Å². The summed E-state index contributed by atoms with van der Waals surface area (Å²) in [6, 6.07) is 13.3. The maximum absolute atomic E-state index is 6.38. The number of rotatable bonds is 8. The number of aromatic nitrogens is 3. The van der Waals surface area contributed by atoms with Crippen LogP contribution >= 0.6 is 34.5 Å². The van der Waals surface area contributed by atoms with Gasteiger partial charge in [-0.2, -0.15) is 0 Å². The SMILES string of the molecule is Clc1ccc(-c2nc(NCCCCNc3nccs3)c3ccccc3n2)c(Cl)c1. The van der Waals surface area contributed by atoms with Crippen LogP contribution in [-0.2, 0) is 0 Å². The van der Waals surface area contributed by atoms with Gasteiger partial charge >= 0.3 is 0 Å². The highest BCUT2D eigenvalue weighted by molar-refractivity contribution is 7.13. The summed E-state index contributed by atoms with van der Waals surface area (Å²) in [5, 5.41) is 11.8. The molecule has 29 heavy (non-hydrogen) atoms. The van der Waals surface area contributed by atoms with Crippen LogP contribution in [0.25, 0.3) is 22.3 Å². The van der Waals surface area contributed by atoms with Gasteiger partial charge in [0.2, 0.25) is 0 Å². The number of fused-ring (bicyclic) bond motifs is 1. The Kier molecular flexibility index (Phi) is 6.44. The zero-order valence-corrected chi connectivity index (χ0v) is 17.9. The molecule has 2 heterocycles. The van der Waals surface area contributed by atoms with E-state index in [1.807, 2.05) is 35.7 Å². The summed E-state index contributed by atoms with van der Waals surface area (Å²) in [5.41, 5.74) is 1.63. The summed E-state index contributed by atoms with van der Waals surface area (Å²) in [6.45, 7) is 1.71. The number of halogens is 2. The Morgan fingerprint density at radius 1 is 0.931 bits per heavy atom. The molecule has 0 saturated heterocycles. The maximum Gasteiger partial charge on any atom is 0.182 e. The fourth-order valence-corrected chi connectivity index (χ4v) is 4.02. The maximum atomic E-state index is 6.38. The Labute approximate surface area is 183 Å². The van der Waals surface area contributed by atoms with Crippen LogP contribution in [0.15, 0.2) is 54.0 Å². The Balaban J connectivity index is 1.47. The van der Waals surface area contributed by atoms with Gasteiger partial charge in [-0.3, -0.25) is 0 Å². The second-order valence-corrected chi connectivity index (χ2v) is 8.17. The third kappa shape index (κ3) is 4.96. The lowest BCUT2D eigenvalue weighted by molar-refractivity contribution is 0.793. The van der Waals surface area contributed by atoms with Crippen LogP contribution in [0.1, 0.15) is 12.8 Å². The molecule has 0 aliphatic carbocycles. The first-order valence-electron chi connectivity index (χ1n) is 9.30. The van der Waals surface area contributed by atoms with Crippen molar-refractivity contribution >= 4 is 56.4 Å². The molecule has 0 radical (unpaired) electrons. The molecule has 0 aliphatic heterocycles. The third-order valence-electron chi connectivity index (χ3n) is 4.38. The number of anilines is 2.